The van der Waals surface area contributed by atoms with Crippen LogP contribution in [0.3, 0.4) is 0 Å². The van der Waals surface area contributed by atoms with Gasteiger partial charge in [-0.25, -0.2) is 0 Å². The van der Waals surface area contributed by atoms with E-state index < -0.39 is 4.92 Å². The molecule has 0 saturated carbocycles. The van der Waals surface area contributed by atoms with E-state index >= 15 is 0 Å². The average Bonchev–Trinajstić information content (AvgIpc) is 3.17. The molecule has 0 aliphatic heterocycles. The van der Waals surface area contributed by atoms with E-state index in [-0.39, 0.29) is 5.69 Å². The van der Waals surface area contributed by atoms with Crippen LogP contribution in [-0.4, -0.2) is 9.49 Å². The molecule has 4 aromatic carbocycles. The van der Waals surface area contributed by atoms with Gasteiger partial charge in [-0.15, -0.1) is 0 Å². The largest absolute Gasteiger partial charge is 0.309 e. The average molecular weight is 415 g/mol. The van der Waals surface area contributed by atoms with Gasteiger partial charge < -0.3 is 4.57 Å². The summed E-state index contributed by atoms with van der Waals surface area (Å²) in [6.07, 6.45) is 1.81. The molecule has 0 fully saturated rings. The first kappa shape index (κ1) is 19.3. The number of hydrogen-bond acceptors (Lipinski definition) is 3. The van der Waals surface area contributed by atoms with Crippen molar-refractivity contribution >= 4 is 39.1 Å². The summed E-state index contributed by atoms with van der Waals surface area (Å²) in [5.74, 6) is 0. The Morgan fingerprint density at radius 3 is 2.25 bits per heavy atom. The molecule has 0 aliphatic carbocycles. The first-order chi connectivity index (χ1) is 15.7. The standard InChI is InChI=1S/C27H17N3O2/c28-18-21(20-11-13-23(14-12-20)30(31)32)16-19-10-15-27-25(17-19)24-8-4-5-9-26(24)29(27)22-6-2-1-3-7-22/h1-17H/b21-16+. The lowest BCUT2D eigenvalue weighted by Crippen LogP contribution is -1.92. The van der Waals surface area contributed by atoms with Gasteiger partial charge in [0, 0.05) is 28.6 Å². The molecule has 1 heterocycles. The van der Waals surface area contributed by atoms with Crippen LogP contribution in [0.2, 0.25) is 0 Å². The zero-order chi connectivity index (χ0) is 22.1. The molecule has 32 heavy (non-hydrogen) atoms. The number of allylic oxidation sites excluding steroid dienone is 1. The van der Waals surface area contributed by atoms with Gasteiger partial charge in [0.05, 0.1) is 27.6 Å². The van der Waals surface area contributed by atoms with Gasteiger partial charge in [-0.1, -0.05) is 42.5 Å². The van der Waals surface area contributed by atoms with Crippen molar-refractivity contribution in [2.24, 2.45) is 0 Å². The molecule has 152 valence electrons. The summed E-state index contributed by atoms with van der Waals surface area (Å²) in [5.41, 5.74) is 5.28. The third-order valence-corrected chi connectivity index (χ3v) is 5.53. The molecule has 0 spiro atoms. The van der Waals surface area contributed by atoms with E-state index in [1.807, 2.05) is 42.5 Å². The minimum absolute atomic E-state index is 0.00109. The maximum absolute atomic E-state index is 10.9. The highest BCUT2D eigenvalue weighted by atomic mass is 16.6. The Hall–Kier alpha value is -4.69. The van der Waals surface area contributed by atoms with Crippen LogP contribution in [-0.2, 0) is 0 Å². The van der Waals surface area contributed by atoms with Crippen LogP contribution in [0, 0.1) is 21.4 Å². The normalized spacial score (nSPS) is 11.5. The lowest BCUT2D eigenvalue weighted by atomic mass is 10.0. The Kier molecular flexibility index (Phi) is 4.74. The zero-order valence-corrected chi connectivity index (χ0v) is 17.0. The molecule has 5 rings (SSSR count). The van der Waals surface area contributed by atoms with Gasteiger partial charge in [0.15, 0.2) is 0 Å². The molecule has 0 amide bonds. The molecule has 1 aromatic heterocycles. The highest BCUT2D eigenvalue weighted by Crippen LogP contribution is 2.33. The Morgan fingerprint density at radius 1 is 0.844 bits per heavy atom. The molecule has 0 N–H and O–H groups in total. The van der Waals surface area contributed by atoms with Crippen molar-refractivity contribution in [1.29, 1.82) is 5.26 Å². The van der Waals surface area contributed by atoms with Gasteiger partial charge in [-0.3, -0.25) is 10.1 Å². The van der Waals surface area contributed by atoms with Crippen molar-refractivity contribution in [2.75, 3.05) is 0 Å². The first-order valence-corrected chi connectivity index (χ1v) is 10.1. The summed E-state index contributed by atoms with van der Waals surface area (Å²) in [7, 11) is 0. The molecule has 0 radical (unpaired) electrons. The van der Waals surface area contributed by atoms with Crippen LogP contribution in [0.15, 0.2) is 97.1 Å². The fraction of sp³-hybridized carbons (Fsp3) is 0. The van der Waals surface area contributed by atoms with Crippen molar-refractivity contribution in [3.63, 3.8) is 0 Å². The Morgan fingerprint density at radius 2 is 1.53 bits per heavy atom. The van der Waals surface area contributed by atoms with Crippen molar-refractivity contribution in [3.05, 3.63) is 118 Å². The van der Waals surface area contributed by atoms with Gasteiger partial charge in [0.25, 0.3) is 5.69 Å². The van der Waals surface area contributed by atoms with E-state index in [4.69, 9.17) is 0 Å². The fourth-order valence-corrected chi connectivity index (χ4v) is 4.05. The number of rotatable bonds is 4. The van der Waals surface area contributed by atoms with Gasteiger partial charge in [-0.05, 0) is 59.7 Å². The predicted octanol–water partition coefficient (Wildman–Crippen LogP) is 6.76. The summed E-state index contributed by atoms with van der Waals surface area (Å²) in [6.45, 7) is 0. The highest BCUT2D eigenvalue weighted by Gasteiger charge is 2.12. The second-order valence-corrected chi connectivity index (χ2v) is 7.44. The molecule has 5 nitrogen and oxygen atoms in total. The van der Waals surface area contributed by atoms with E-state index in [0.29, 0.717) is 11.1 Å². The molecule has 0 bridgehead atoms. The second-order valence-electron chi connectivity index (χ2n) is 7.44. The molecule has 0 saturated heterocycles. The van der Waals surface area contributed by atoms with Crippen molar-refractivity contribution in [1.82, 2.24) is 4.57 Å². The number of hydrogen-bond donors (Lipinski definition) is 0. The number of para-hydroxylation sites is 2. The molecule has 0 aliphatic rings. The van der Waals surface area contributed by atoms with E-state index in [0.717, 1.165) is 33.1 Å². The summed E-state index contributed by atoms with van der Waals surface area (Å²) in [5, 5.41) is 22.8. The first-order valence-electron chi connectivity index (χ1n) is 10.1. The Balaban J connectivity index is 1.66. The van der Waals surface area contributed by atoms with Crippen molar-refractivity contribution in [2.45, 2.75) is 0 Å². The highest BCUT2D eigenvalue weighted by molar-refractivity contribution is 6.10. The number of benzene rings is 4. The molecular formula is C27H17N3O2. The summed E-state index contributed by atoms with van der Waals surface area (Å²) < 4.78 is 2.24. The number of aromatic nitrogens is 1. The van der Waals surface area contributed by atoms with Crippen molar-refractivity contribution in [3.8, 4) is 11.8 Å². The summed E-state index contributed by atoms with van der Waals surface area (Å²) in [4.78, 5) is 10.5. The van der Waals surface area contributed by atoms with Gasteiger partial charge >= 0.3 is 0 Å². The number of nitro benzene ring substituents is 1. The summed E-state index contributed by atoms with van der Waals surface area (Å²) >= 11 is 0. The quantitative estimate of drug-likeness (QED) is 0.141. The number of fused-ring (bicyclic) bond motifs is 3. The Bertz CT molecular complexity index is 1540. The minimum Gasteiger partial charge on any atom is -0.309 e. The molecular weight excluding hydrogens is 398 g/mol. The fourth-order valence-electron chi connectivity index (χ4n) is 4.05. The third kappa shape index (κ3) is 3.30. The molecule has 0 unspecified atom stereocenters. The predicted molar refractivity (Wildman–Crippen MR) is 127 cm³/mol. The monoisotopic (exact) mass is 415 g/mol. The van der Waals surface area contributed by atoms with Crippen LogP contribution in [0.4, 0.5) is 5.69 Å². The smallest absolute Gasteiger partial charge is 0.269 e. The Labute approximate surface area is 184 Å². The number of nitrogens with zero attached hydrogens (tertiary/aromatic N) is 3. The van der Waals surface area contributed by atoms with Gasteiger partial charge in [0.1, 0.15) is 0 Å². The molecule has 0 atom stereocenters. The van der Waals surface area contributed by atoms with Crippen LogP contribution >= 0.6 is 0 Å². The van der Waals surface area contributed by atoms with E-state index in [2.05, 4.69) is 47.0 Å². The van der Waals surface area contributed by atoms with Crippen LogP contribution in [0.1, 0.15) is 11.1 Å². The lowest BCUT2D eigenvalue weighted by molar-refractivity contribution is -0.384. The van der Waals surface area contributed by atoms with Crippen LogP contribution in [0.25, 0.3) is 39.1 Å². The maximum atomic E-state index is 10.9. The van der Waals surface area contributed by atoms with Crippen LogP contribution in [0.5, 0.6) is 0 Å². The molecule has 5 heteroatoms. The van der Waals surface area contributed by atoms with E-state index in [1.54, 1.807) is 12.1 Å². The van der Waals surface area contributed by atoms with Gasteiger partial charge in [0.2, 0.25) is 0 Å². The van der Waals surface area contributed by atoms with E-state index in [9.17, 15) is 15.4 Å². The summed E-state index contributed by atoms with van der Waals surface area (Å²) in [6, 6.07) is 32.9. The number of non-ortho nitro benzene ring substituents is 1. The SMILES string of the molecule is N#C/C(=C\c1ccc2c(c1)c1ccccc1n2-c1ccccc1)c1ccc([N+](=O)[O-])cc1. The maximum Gasteiger partial charge on any atom is 0.269 e. The van der Waals surface area contributed by atoms with Crippen molar-refractivity contribution < 1.29 is 4.92 Å². The number of nitro groups is 1. The van der Waals surface area contributed by atoms with Crippen LogP contribution < -0.4 is 0 Å². The topological polar surface area (TPSA) is 71.9 Å². The third-order valence-electron chi connectivity index (χ3n) is 5.53. The molecule has 5 aromatic rings. The second kappa shape index (κ2) is 7.86. The zero-order valence-electron chi connectivity index (χ0n) is 17.0. The van der Waals surface area contributed by atoms with Gasteiger partial charge in [-0.2, -0.15) is 5.26 Å². The number of nitriles is 1. The minimum atomic E-state index is -0.448. The van der Waals surface area contributed by atoms with E-state index in [1.165, 1.54) is 12.1 Å². The lowest BCUT2D eigenvalue weighted by Gasteiger charge is -2.07.